The summed E-state index contributed by atoms with van der Waals surface area (Å²) in [5.74, 6) is 0. The van der Waals surface area contributed by atoms with Crippen molar-refractivity contribution in [2.45, 2.75) is 13.0 Å². The van der Waals surface area contributed by atoms with Crippen molar-refractivity contribution < 1.29 is 9.84 Å². The monoisotopic (exact) mass is 114 g/mol. The average molecular weight is 114 g/mol. The fourth-order valence-electron chi connectivity index (χ4n) is 0.595. The third kappa shape index (κ3) is 0.740. The van der Waals surface area contributed by atoms with Crippen molar-refractivity contribution in [1.29, 1.82) is 0 Å². The largest absolute Gasteiger partial charge is 0.392 e. The van der Waals surface area contributed by atoms with Crippen LogP contribution in [-0.4, -0.2) is 24.4 Å². The Morgan fingerprint density at radius 2 is 2.25 bits per heavy atom. The fourth-order valence-corrected chi connectivity index (χ4v) is 0.595. The highest BCUT2D eigenvalue weighted by molar-refractivity contribution is 4.88. The molecule has 1 atom stereocenters. The van der Waals surface area contributed by atoms with Gasteiger partial charge in [-0.15, -0.1) is 0 Å². The van der Waals surface area contributed by atoms with Crippen LogP contribution in [0.3, 0.4) is 0 Å². The van der Waals surface area contributed by atoms with E-state index in [9.17, 15) is 0 Å². The summed E-state index contributed by atoms with van der Waals surface area (Å²) in [4.78, 5) is 0. The molecule has 0 amide bonds. The van der Waals surface area contributed by atoms with Crippen molar-refractivity contribution in [3.05, 3.63) is 6.92 Å². The first-order valence-electron chi connectivity index (χ1n) is 2.66. The minimum absolute atomic E-state index is 0.167. The highest BCUT2D eigenvalue weighted by Crippen LogP contribution is 2.29. The molecule has 1 rings (SSSR count). The summed E-state index contributed by atoms with van der Waals surface area (Å²) in [6, 6.07) is 0. The molecule has 1 N–H and O–H groups in total. The van der Waals surface area contributed by atoms with Crippen molar-refractivity contribution >= 4 is 0 Å². The van der Waals surface area contributed by atoms with Gasteiger partial charge in [-0.2, -0.15) is 0 Å². The second kappa shape index (κ2) is 1.71. The third-order valence-corrected chi connectivity index (χ3v) is 1.58. The Morgan fingerprint density at radius 3 is 2.25 bits per heavy atom. The quantitative estimate of drug-likeness (QED) is 0.523. The van der Waals surface area contributed by atoms with E-state index in [1.165, 1.54) is 0 Å². The molecule has 1 unspecified atom stereocenters. The molecule has 2 radical (unpaired) electrons. The molecule has 46 valence electrons. The van der Waals surface area contributed by atoms with Gasteiger partial charge in [0.1, 0.15) is 0 Å². The van der Waals surface area contributed by atoms with Gasteiger partial charge in [-0.25, -0.2) is 0 Å². The maximum absolute atomic E-state index is 8.83. The van der Waals surface area contributed by atoms with Gasteiger partial charge in [-0.1, -0.05) is 6.92 Å². The van der Waals surface area contributed by atoms with Crippen molar-refractivity contribution in [3.63, 3.8) is 0 Å². The van der Waals surface area contributed by atoms with E-state index in [1.54, 1.807) is 0 Å². The summed E-state index contributed by atoms with van der Waals surface area (Å²) in [7, 11) is 0. The van der Waals surface area contributed by atoms with E-state index >= 15 is 0 Å². The van der Waals surface area contributed by atoms with Crippen LogP contribution < -0.4 is 0 Å². The van der Waals surface area contributed by atoms with E-state index in [0.717, 1.165) is 0 Å². The van der Waals surface area contributed by atoms with Gasteiger partial charge in [0.05, 0.1) is 19.3 Å². The minimum Gasteiger partial charge on any atom is -0.392 e. The number of aliphatic hydroxyl groups excluding tert-OH is 1. The molecular formula is C6H10O2. The number of hydrogen-bond donors (Lipinski definition) is 1. The number of rotatable bonds is 1. The van der Waals surface area contributed by atoms with E-state index in [4.69, 9.17) is 16.8 Å². The first kappa shape index (κ1) is 6.05. The lowest BCUT2D eigenvalue weighted by Crippen LogP contribution is -2.47. The SMILES string of the molecule is [CH]C(O)C1(C)COC1. The summed E-state index contributed by atoms with van der Waals surface area (Å²) < 4.78 is 4.86. The van der Waals surface area contributed by atoms with E-state index in [2.05, 4.69) is 0 Å². The van der Waals surface area contributed by atoms with Crippen molar-refractivity contribution in [1.82, 2.24) is 0 Å². The zero-order valence-electron chi connectivity index (χ0n) is 4.92. The predicted molar refractivity (Wildman–Crippen MR) is 29.2 cm³/mol. The second-order valence-electron chi connectivity index (χ2n) is 2.59. The highest BCUT2D eigenvalue weighted by atomic mass is 16.5. The first-order chi connectivity index (χ1) is 3.65. The van der Waals surface area contributed by atoms with Crippen LogP contribution in [0.1, 0.15) is 6.92 Å². The molecule has 1 aliphatic rings. The molecule has 0 aromatic rings. The fraction of sp³-hybridized carbons (Fsp3) is 0.833. The topological polar surface area (TPSA) is 29.5 Å². The van der Waals surface area contributed by atoms with Gasteiger partial charge >= 0.3 is 0 Å². The zero-order chi connectivity index (χ0) is 6.20. The van der Waals surface area contributed by atoms with Crippen LogP contribution in [-0.2, 0) is 4.74 Å². The minimum atomic E-state index is -0.726. The standard InChI is InChI=1S/C6H10O2/c1-5(7)6(2)3-8-4-6/h1,5,7H,3-4H2,2H3. The Kier molecular flexibility index (Phi) is 1.29. The lowest BCUT2D eigenvalue weighted by Gasteiger charge is -2.40. The summed E-state index contributed by atoms with van der Waals surface area (Å²) in [6.07, 6.45) is -0.726. The molecule has 0 bridgehead atoms. The van der Waals surface area contributed by atoms with E-state index < -0.39 is 6.10 Å². The van der Waals surface area contributed by atoms with Crippen LogP contribution in [0.15, 0.2) is 0 Å². The second-order valence-corrected chi connectivity index (χ2v) is 2.59. The molecule has 0 saturated carbocycles. The van der Waals surface area contributed by atoms with Gasteiger partial charge in [0.15, 0.2) is 0 Å². The molecule has 8 heavy (non-hydrogen) atoms. The summed E-state index contributed by atoms with van der Waals surface area (Å²) >= 11 is 0. The Hall–Kier alpha value is -0.0800. The molecule has 2 nitrogen and oxygen atoms in total. The molecule has 2 heteroatoms. The van der Waals surface area contributed by atoms with Crippen LogP contribution in [0.25, 0.3) is 0 Å². The van der Waals surface area contributed by atoms with Gasteiger partial charge in [-0.3, -0.25) is 0 Å². The van der Waals surface area contributed by atoms with Gasteiger partial charge < -0.3 is 9.84 Å². The highest BCUT2D eigenvalue weighted by Gasteiger charge is 2.37. The van der Waals surface area contributed by atoms with Gasteiger partial charge in [0.2, 0.25) is 0 Å². The molecule has 1 fully saturated rings. The number of hydrogen-bond acceptors (Lipinski definition) is 2. The first-order valence-corrected chi connectivity index (χ1v) is 2.66. The molecule has 1 aliphatic heterocycles. The lowest BCUT2D eigenvalue weighted by atomic mass is 9.83. The van der Waals surface area contributed by atoms with Crippen LogP contribution >= 0.6 is 0 Å². The Labute approximate surface area is 49.5 Å². The molecule has 0 aliphatic carbocycles. The molecular weight excluding hydrogens is 104 g/mol. The molecule has 1 saturated heterocycles. The van der Waals surface area contributed by atoms with E-state index in [0.29, 0.717) is 13.2 Å². The molecule has 0 spiro atoms. The van der Waals surface area contributed by atoms with Crippen molar-refractivity contribution in [3.8, 4) is 0 Å². The number of ether oxygens (including phenoxy) is 1. The van der Waals surface area contributed by atoms with Crippen molar-refractivity contribution in [2.24, 2.45) is 5.41 Å². The lowest BCUT2D eigenvalue weighted by molar-refractivity contribution is -0.147. The normalized spacial score (nSPS) is 28.9. The zero-order valence-corrected chi connectivity index (χ0v) is 4.92. The van der Waals surface area contributed by atoms with Crippen LogP contribution in [0, 0.1) is 12.3 Å². The molecule has 0 aromatic carbocycles. The summed E-state index contributed by atoms with van der Waals surface area (Å²) in [5, 5.41) is 8.83. The van der Waals surface area contributed by atoms with Crippen LogP contribution in [0.4, 0.5) is 0 Å². The third-order valence-electron chi connectivity index (χ3n) is 1.58. The van der Waals surface area contributed by atoms with Gasteiger partial charge in [0.25, 0.3) is 0 Å². The van der Waals surface area contributed by atoms with Crippen LogP contribution in [0.2, 0.25) is 0 Å². The maximum atomic E-state index is 8.83. The predicted octanol–water partition coefficient (Wildman–Crippen LogP) is 0.0949. The molecule has 0 aromatic heterocycles. The summed E-state index contributed by atoms with van der Waals surface area (Å²) in [5.41, 5.74) is -0.167. The van der Waals surface area contributed by atoms with Gasteiger partial charge in [-0.05, 0) is 6.92 Å². The van der Waals surface area contributed by atoms with Gasteiger partial charge in [0, 0.05) is 5.41 Å². The van der Waals surface area contributed by atoms with Crippen molar-refractivity contribution in [2.75, 3.05) is 13.2 Å². The Balaban J connectivity index is 2.41. The molecule has 1 heterocycles. The Morgan fingerprint density at radius 1 is 1.75 bits per heavy atom. The average Bonchev–Trinajstić information content (AvgIpc) is 1.60. The van der Waals surface area contributed by atoms with Crippen LogP contribution in [0.5, 0.6) is 0 Å². The van der Waals surface area contributed by atoms with E-state index in [1.807, 2.05) is 6.92 Å². The number of aliphatic hydroxyl groups is 1. The maximum Gasteiger partial charge on any atom is 0.0673 e. The summed E-state index contributed by atoms with van der Waals surface area (Å²) in [6.45, 7) is 8.29. The van der Waals surface area contributed by atoms with E-state index in [-0.39, 0.29) is 5.41 Å². The smallest absolute Gasteiger partial charge is 0.0673 e. The Bertz CT molecular complexity index is 84.5.